The zero-order valence-corrected chi connectivity index (χ0v) is 12.2. The van der Waals surface area contributed by atoms with Gasteiger partial charge in [-0.1, -0.05) is 13.8 Å². The highest BCUT2D eigenvalue weighted by molar-refractivity contribution is 5.00. The minimum absolute atomic E-state index is 0.691. The number of hydrogen-bond acceptors (Lipinski definition) is 3. The van der Waals surface area contributed by atoms with E-state index in [2.05, 4.69) is 35.9 Å². The van der Waals surface area contributed by atoms with Crippen LogP contribution in [0.5, 0.6) is 0 Å². The molecule has 3 saturated heterocycles. The Kier molecular flexibility index (Phi) is 3.65. The Balaban J connectivity index is 1.69. The Morgan fingerprint density at radius 1 is 1.11 bits per heavy atom. The smallest absolute Gasteiger partial charge is 0.0267 e. The molecule has 4 atom stereocenters. The molecule has 0 radical (unpaired) electrons. The molecule has 18 heavy (non-hydrogen) atoms. The van der Waals surface area contributed by atoms with Crippen LogP contribution in [0.4, 0.5) is 0 Å². The van der Waals surface area contributed by atoms with Gasteiger partial charge in [-0.15, -0.1) is 0 Å². The standard InChI is InChI=1S/C15H29N3/c1-11(2)13-10-18(12(3)9-16-13)15-6-8-17-7-4-5-14(15)17/h11-16H,4-10H2,1-3H3. The summed E-state index contributed by atoms with van der Waals surface area (Å²) in [4.78, 5) is 5.57. The van der Waals surface area contributed by atoms with E-state index in [1.54, 1.807) is 0 Å². The molecule has 3 fully saturated rings. The molecule has 0 aromatic carbocycles. The molecular formula is C15H29N3. The van der Waals surface area contributed by atoms with Crippen molar-refractivity contribution in [2.24, 2.45) is 5.92 Å². The summed E-state index contributed by atoms with van der Waals surface area (Å²) >= 11 is 0. The van der Waals surface area contributed by atoms with Gasteiger partial charge in [0, 0.05) is 43.8 Å². The molecule has 0 aromatic heterocycles. The zero-order valence-electron chi connectivity index (χ0n) is 12.2. The Bertz CT molecular complexity index is 291. The fourth-order valence-electron chi connectivity index (χ4n) is 4.26. The first-order chi connectivity index (χ1) is 8.66. The second-order valence-corrected chi connectivity index (χ2v) is 6.91. The van der Waals surface area contributed by atoms with Crippen molar-refractivity contribution in [3.05, 3.63) is 0 Å². The summed E-state index contributed by atoms with van der Waals surface area (Å²) in [6.07, 6.45) is 4.27. The molecule has 3 nitrogen and oxygen atoms in total. The van der Waals surface area contributed by atoms with Crippen LogP contribution >= 0.6 is 0 Å². The largest absolute Gasteiger partial charge is 0.311 e. The van der Waals surface area contributed by atoms with Crippen LogP contribution in [0, 0.1) is 5.92 Å². The number of fused-ring (bicyclic) bond motifs is 1. The predicted molar refractivity (Wildman–Crippen MR) is 75.8 cm³/mol. The van der Waals surface area contributed by atoms with Gasteiger partial charge in [-0.3, -0.25) is 9.80 Å². The van der Waals surface area contributed by atoms with E-state index in [4.69, 9.17) is 0 Å². The zero-order chi connectivity index (χ0) is 12.7. The van der Waals surface area contributed by atoms with Gasteiger partial charge >= 0.3 is 0 Å². The van der Waals surface area contributed by atoms with E-state index in [1.165, 1.54) is 45.4 Å². The lowest BCUT2D eigenvalue weighted by Gasteiger charge is -2.45. The van der Waals surface area contributed by atoms with Crippen molar-refractivity contribution in [1.29, 1.82) is 0 Å². The fourth-order valence-corrected chi connectivity index (χ4v) is 4.26. The van der Waals surface area contributed by atoms with Gasteiger partial charge in [0.15, 0.2) is 0 Å². The first kappa shape index (κ1) is 12.9. The predicted octanol–water partition coefficient (Wildman–Crippen LogP) is 1.54. The summed E-state index contributed by atoms with van der Waals surface area (Å²) in [6, 6.07) is 3.12. The second-order valence-electron chi connectivity index (χ2n) is 6.91. The van der Waals surface area contributed by atoms with Crippen molar-refractivity contribution in [1.82, 2.24) is 15.1 Å². The Morgan fingerprint density at radius 3 is 2.72 bits per heavy atom. The first-order valence-electron chi connectivity index (χ1n) is 7.90. The van der Waals surface area contributed by atoms with Crippen molar-refractivity contribution < 1.29 is 0 Å². The Labute approximate surface area is 112 Å². The van der Waals surface area contributed by atoms with Crippen molar-refractivity contribution >= 4 is 0 Å². The molecule has 0 bridgehead atoms. The van der Waals surface area contributed by atoms with Crippen LogP contribution in [-0.4, -0.2) is 60.1 Å². The minimum Gasteiger partial charge on any atom is -0.311 e. The van der Waals surface area contributed by atoms with E-state index in [1.807, 2.05) is 0 Å². The maximum atomic E-state index is 3.73. The SMILES string of the molecule is CC(C)C1CN(C2CCN3CCCC23)C(C)CN1. The van der Waals surface area contributed by atoms with Gasteiger partial charge in [-0.05, 0) is 38.6 Å². The van der Waals surface area contributed by atoms with Gasteiger partial charge < -0.3 is 5.32 Å². The highest BCUT2D eigenvalue weighted by atomic mass is 15.3. The molecule has 4 unspecified atom stereocenters. The molecule has 0 amide bonds. The average Bonchev–Trinajstić information content (AvgIpc) is 2.91. The van der Waals surface area contributed by atoms with Gasteiger partial charge in [-0.25, -0.2) is 0 Å². The van der Waals surface area contributed by atoms with Crippen LogP contribution in [0.15, 0.2) is 0 Å². The molecule has 0 aliphatic carbocycles. The molecule has 0 spiro atoms. The third-order valence-electron chi connectivity index (χ3n) is 5.45. The summed E-state index contributed by atoms with van der Waals surface area (Å²) in [5.41, 5.74) is 0. The number of hydrogen-bond donors (Lipinski definition) is 1. The summed E-state index contributed by atoms with van der Waals surface area (Å²) in [5, 5.41) is 3.73. The van der Waals surface area contributed by atoms with Crippen molar-refractivity contribution in [2.45, 2.75) is 64.2 Å². The lowest BCUT2D eigenvalue weighted by Crippen LogP contribution is -2.61. The monoisotopic (exact) mass is 251 g/mol. The molecule has 3 rings (SSSR count). The molecule has 0 saturated carbocycles. The lowest BCUT2D eigenvalue weighted by molar-refractivity contribution is 0.0640. The average molecular weight is 251 g/mol. The molecule has 0 aromatic rings. The topological polar surface area (TPSA) is 18.5 Å². The molecule has 1 N–H and O–H groups in total. The van der Waals surface area contributed by atoms with Gasteiger partial charge in [0.25, 0.3) is 0 Å². The van der Waals surface area contributed by atoms with Gasteiger partial charge in [0.2, 0.25) is 0 Å². The lowest BCUT2D eigenvalue weighted by atomic mass is 9.95. The van der Waals surface area contributed by atoms with Crippen LogP contribution in [0.1, 0.15) is 40.0 Å². The van der Waals surface area contributed by atoms with Crippen LogP contribution < -0.4 is 5.32 Å². The first-order valence-corrected chi connectivity index (χ1v) is 7.90. The number of piperazine rings is 1. The molecule has 3 heterocycles. The minimum atomic E-state index is 0.691. The van der Waals surface area contributed by atoms with Crippen LogP contribution in [-0.2, 0) is 0 Å². The van der Waals surface area contributed by atoms with E-state index in [0.29, 0.717) is 12.1 Å². The molecule has 3 heteroatoms. The maximum absolute atomic E-state index is 3.73. The summed E-state index contributed by atoms with van der Waals surface area (Å²) in [6.45, 7) is 12.2. The normalized spacial score (nSPS) is 42.7. The van der Waals surface area contributed by atoms with Crippen LogP contribution in [0.25, 0.3) is 0 Å². The van der Waals surface area contributed by atoms with Gasteiger partial charge in [0.1, 0.15) is 0 Å². The van der Waals surface area contributed by atoms with Crippen molar-refractivity contribution in [3.63, 3.8) is 0 Å². The van der Waals surface area contributed by atoms with E-state index in [9.17, 15) is 0 Å². The summed E-state index contributed by atoms with van der Waals surface area (Å²) in [5.74, 6) is 0.751. The van der Waals surface area contributed by atoms with E-state index < -0.39 is 0 Å². The van der Waals surface area contributed by atoms with Gasteiger partial charge in [-0.2, -0.15) is 0 Å². The summed E-state index contributed by atoms with van der Waals surface area (Å²) in [7, 11) is 0. The highest BCUT2D eigenvalue weighted by Crippen LogP contribution is 2.33. The molecule has 104 valence electrons. The van der Waals surface area contributed by atoms with E-state index in [0.717, 1.165) is 18.0 Å². The Hall–Kier alpha value is -0.120. The third kappa shape index (κ3) is 2.21. The third-order valence-corrected chi connectivity index (χ3v) is 5.45. The maximum Gasteiger partial charge on any atom is 0.0267 e. The van der Waals surface area contributed by atoms with Crippen molar-refractivity contribution in [2.75, 3.05) is 26.2 Å². The quantitative estimate of drug-likeness (QED) is 0.803. The molecule has 3 aliphatic rings. The molecular weight excluding hydrogens is 222 g/mol. The number of nitrogens with one attached hydrogen (secondary N) is 1. The second kappa shape index (κ2) is 5.10. The highest BCUT2D eigenvalue weighted by Gasteiger charge is 2.43. The van der Waals surface area contributed by atoms with E-state index in [-0.39, 0.29) is 0 Å². The molecule has 3 aliphatic heterocycles. The number of rotatable bonds is 2. The van der Waals surface area contributed by atoms with Crippen molar-refractivity contribution in [3.8, 4) is 0 Å². The fraction of sp³-hybridized carbons (Fsp3) is 1.00. The van der Waals surface area contributed by atoms with Crippen LogP contribution in [0.2, 0.25) is 0 Å². The Morgan fingerprint density at radius 2 is 1.94 bits per heavy atom. The number of nitrogens with zero attached hydrogens (tertiary/aromatic N) is 2. The van der Waals surface area contributed by atoms with Crippen LogP contribution in [0.3, 0.4) is 0 Å². The summed E-state index contributed by atoms with van der Waals surface area (Å²) < 4.78 is 0. The van der Waals surface area contributed by atoms with E-state index >= 15 is 0 Å². The van der Waals surface area contributed by atoms with Gasteiger partial charge in [0.05, 0.1) is 0 Å².